The highest BCUT2D eigenvalue weighted by molar-refractivity contribution is 5.32. The summed E-state index contributed by atoms with van der Waals surface area (Å²) in [6, 6.07) is 6.71. The van der Waals surface area contributed by atoms with Crippen molar-refractivity contribution >= 4 is 5.95 Å². The van der Waals surface area contributed by atoms with Crippen LogP contribution in [-0.2, 0) is 18.4 Å². The van der Waals surface area contributed by atoms with Gasteiger partial charge in [-0.25, -0.2) is 14.1 Å². The molecule has 7 nitrogen and oxygen atoms in total. The van der Waals surface area contributed by atoms with E-state index in [0.717, 1.165) is 10.7 Å². The van der Waals surface area contributed by atoms with Crippen LogP contribution in [0.15, 0.2) is 42.9 Å². The third-order valence-electron chi connectivity index (χ3n) is 5.00. The largest absolute Gasteiger partial charge is 0.435 e. The van der Waals surface area contributed by atoms with Crippen molar-refractivity contribution in [1.29, 1.82) is 0 Å². The molecule has 2 aromatic heterocycles. The average Bonchev–Trinajstić information content (AvgIpc) is 3.33. The maximum absolute atomic E-state index is 13.1. The number of piperidine rings is 1. The molecule has 0 unspecified atom stereocenters. The Morgan fingerprint density at radius 1 is 1.00 bits per heavy atom. The molecule has 4 rings (SSSR count). The number of aromatic nitrogens is 5. The van der Waals surface area contributed by atoms with Crippen molar-refractivity contribution in [1.82, 2.24) is 24.5 Å². The second kappa shape index (κ2) is 7.14. The lowest BCUT2D eigenvalue weighted by Crippen LogP contribution is -2.43. The van der Waals surface area contributed by atoms with E-state index < -0.39 is 17.5 Å². The highest BCUT2D eigenvalue weighted by atomic mass is 19.4. The van der Waals surface area contributed by atoms with Crippen molar-refractivity contribution in [2.24, 2.45) is 0 Å². The molecule has 154 valence electrons. The topological polar surface area (TPSA) is 72.0 Å². The second-order valence-electron chi connectivity index (χ2n) is 6.99. The standard InChI is InChI=1S/C18H18F4N6O/c19-14-3-1-13(2-4-14)17(29)6-9-26(10-7-17)16-23-11-28(25-16)12-27-8-5-15(24-27)18(20,21)22/h1-5,8,11,29H,6-7,9-10,12H2. The minimum atomic E-state index is -4.49. The molecular formula is C18H18F4N6O. The summed E-state index contributed by atoms with van der Waals surface area (Å²) >= 11 is 0. The first-order valence-electron chi connectivity index (χ1n) is 8.96. The Balaban J connectivity index is 1.39. The summed E-state index contributed by atoms with van der Waals surface area (Å²) in [5.74, 6) is 0.0680. The van der Waals surface area contributed by atoms with E-state index in [1.54, 1.807) is 12.1 Å². The summed E-state index contributed by atoms with van der Waals surface area (Å²) in [5, 5.41) is 18.6. The third-order valence-corrected chi connectivity index (χ3v) is 5.00. The van der Waals surface area contributed by atoms with Crippen molar-refractivity contribution in [3.8, 4) is 0 Å². The molecule has 0 amide bonds. The Hall–Kier alpha value is -2.95. The molecule has 0 radical (unpaired) electrons. The van der Waals surface area contributed by atoms with E-state index in [2.05, 4.69) is 15.2 Å². The van der Waals surface area contributed by atoms with Crippen molar-refractivity contribution in [3.05, 3.63) is 59.9 Å². The monoisotopic (exact) mass is 410 g/mol. The smallest absolute Gasteiger partial charge is 0.385 e. The first kappa shape index (κ1) is 19.4. The Morgan fingerprint density at radius 2 is 1.69 bits per heavy atom. The average molecular weight is 410 g/mol. The predicted molar refractivity (Wildman–Crippen MR) is 94.4 cm³/mol. The number of hydrogen-bond donors (Lipinski definition) is 1. The molecule has 1 aromatic carbocycles. The summed E-state index contributed by atoms with van der Waals surface area (Å²) in [6.45, 7) is 0.964. The van der Waals surface area contributed by atoms with E-state index in [-0.39, 0.29) is 12.5 Å². The summed E-state index contributed by atoms with van der Waals surface area (Å²) in [7, 11) is 0. The number of benzene rings is 1. The molecule has 0 spiro atoms. The molecule has 1 aliphatic rings. The van der Waals surface area contributed by atoms with Gasteiger partial charge in [-0.3, -0.25) is 4.68 Å². The van der Waals surface area contributed by atoms with Crippen LogP contribution < -0.4 is 4.90 Å². The minimum Gasteiger partial charge on any atom is -0.385 e. The van der Waals surface area contributed by atoms with E-state index in [4.69, 9.17) is 0 Å². The Bertz CT molecular complexity index is 973. The maximum atomic E-state index is 13.1. The summed E-state index contributed by atoms with van der Waals surface area (Å²) in [4.78, 5) is 6.09. The summed E-state index contributed by atoms with van der Waals surface area (Å²) in [6.07, 6.45) is -1.00. The molecule has 0 bridgehead atoms. The number of nitrogens with zero attached hydrogens (tertiary/aromatic N) is 6. The number of rotatable bonds is 4. The quantitative estimate of drug-likeness (QED) is 0.670. The molecule has 3 aromatic rings. The zero-order chi connectivity index (χ0) is 20.6. The van der Waals surface area contributed by atoms with Gasteiger partial charge in [0.1, 0.15) is 18.8 Å². The third kappa shape index (κ3) is 4.09. The van der Waals surface area contributed by atoms with Crippen LogP contribution in [0.25, 0.3) is 0 Å². The molecule has 3 heterocycles. The van der Waals surface area contributed by atoms with E-state index in [1.807, 2.05) is 4.90 Å². The van der Waals surface area contributed by atoms with Crippen LogP contribution >= 0.6 is 0 Å². The van der Waals surface area contributed by atoms with Crippen LogP contribution in [0.4, 0.5) is 23.5 Å². The molecule has 1 fully saturated rings. The van der Waals surface area contributed by atoms with E-state index in [0.29, 0.717) is 37.4 Å². The number of anilines is 1. The fourth-order valence-corrected chi connectivity index (χ4v) is 3.36. The lowest BCUT2D eigenvalue weighted by Gasteiger charge is -2.38. The van der Waals surface area contributed by atoms with Gasteiger partial charge in [-0.1, -0.05) is 12.1 Å². The molecule has 1 aliphatic heterocycles. The van der Waals surface area contributed by atoms with Gasteiger partial charge >= 0.3 is 6.18 Å². The van der Waals surface area contributed by atoms with Gasteiger partial charge < -0.3 is 10.0 Å². The zero-order valence-electron chi connectivity index (χ0n) is 15.2. The molecule has 11 heteroatoms. The Labute approximate surface area is 163 Å². The lowest BCUT2D eigenvalue weighted by atomic mass is 9.84. The first-order chi connectivity index (χ1) is 13.7. The Morgan fingerprint density at radius 3 is 2.31 bits per heavy atom. The minimum absolute atomic E-state index is 0.00353. The lowest BCUT2D eigenvalue weighted by molar-refractivity contribution is -0.141. The van der Waals surface area contributed by atoms with Gasteiger partial charge in [0.2, 0.25) is 5.95 Å². The van der Waals surface area contributed by atoms with Gasteiger partial charge in [-0.2, -0.15) is 18.3 Å². The van der Waals surface area contributed by atoms with Crippen LogP contribution in [-0.4, -0.2) is 42.7 Å². The summed E-state index contributed by atoms with van der Waals surface area (Å²) < 4.78 is 53.5. The first-order valence-corrected chi connectivity index (χ1v) is 8.96. The van der Waals surface area contributed by atoms with Crippen molar-refractivity contribution in [2.45, 2.75) is 31.3 Å². The van der Waals surface area contributed by atoms with Gasteiger partial charge in [0, 0.05) is 19.3 Å². The van der Waals surface area contributed by atoms with E-state index in [9.17, 15) is 22.7 Å². The molecule has 0 saturated carbocycles. The second-order valence-corrected chi connectivity index (χ2v) is 6.99. The van der Waals surface area contributed by atoms with Crippen molar-refractivity contribution in [2.75, 3.05) is 18.0 Å². The van der Waals surface area contributed by atoms with Crippen LogP contribution in [0.5, 0.6) is 0 Å². The van der Waals surface area contributed by atoms with Crippen LogP contribution in [0.2, 0.25) is 0 Å². The fourth-order valence-electron chi connectivity index (χ4n) is 3.36. The highest BCUT2D eigenvalue weighted by Crippen LogP contribution is 2.33. The molecular weight excluding hydrogens is 392 g/mol. The van der Waals surface area contributed by atoms with Crippen LogP contribution in [0.1, 0.15) is 24.1 Å². The van der Waals surface area contributed by atoms with Gasteiger partial charge in [0.25, 0.3) is 0 Å². The maximum Gasteiger partial charge on any atom is 0.435 e. The molecule has 0 aliphatic carbocycles. The molecule has 29 heavy (non-hydrogen) atoms. The molecule has 0 atom stereocenters. The number of hydrogen-bond acceptors (Lipinski definition) is 5. The van der Waals surface area contributed by atoms with Crippen LogP contribution in [0.3, 0.4) is 0 Å². The fraction of sp³-hybridized carbons (Fsp3) is 0.389. The van der Waals surface area contributed by atoms with Gasteiger partial charge in [0.05, 0.1) is 5.60 Å². The summed E-state index contributed by atoms with van der Waals surface area (Å²) in [5.41, 5.74) is -1.35. The van der Waals surface area contributed by atoms with Crippen molar-refractivity contribution in [3.63, 3.8) is 0 Å². The predicted octanol–water partition coefficient (Wildman–Crippen LogP) is 2.63. The number of alkyl halides is 3. The van der Waals surface area contributed by atoms with Gasteiger partial charge in [-0.15, -0.1) is 5.10 Å². The van der Waals surface area contributed by atoms with E-state index in [1.165, 1.54) is 29.3 Å². The zero-order valence-corrected chi connectivity index (χ0v) is 15.2. The number of halogens is 4. The van der Waals surface area contributed by atoms with Gasteiger partial charge in [0.15, 0.2) is 5.69 Å². The normalized spacial score (nSPS) is 16.9. The van der Waals surface area contributed by atoms with Crippen molar-refractivity contribution < 1.29 is 22.7 Å². The van der Waals surface area contributed by atoms with Crippen LogP contribution in [0, 0.1) is 5.82 Å². The molecule has 1 saturated heterocycles. The van der Waals surface area contributed by atoms with E-state index >= 15 is 0 Å². The van der Waals surface area contributed by atoms with Gasteiger partial charge in [-0.05, 0) is 36.6 Å². The Kier molecular flexibility index (Phi) is 4.77. The molecule has 1 N–H and O–H groups in total. The SMILES string of the molecule is OC1(c2ccc(F)cc2)CCN(c2ncn(Cn3ccc(C(F)(F)F)n3)n2)CC1. The number of aliphatic hydroxyl groups is 1. The highest BCUT2D eigenvalue weighted by Gasteiger charge is 2.35.